The molecule has 2 fully saturated rings. The number of fused-ring (bicyclic) bond motifs is 1. The Morgan fingerprint density at radius 3 is 2.03 bits per heavy atom. The normalized spacial score (nSPS) is 23.1. The van der Waals surface area contributed by atoms with Crippen molar-refractivity contribution in [2.75, 3.05) is 17.1 Å². The van der Waals surface area contributed by atoms with Crippen molar-refractivity contribution < 1.29 is 19.2 Å². The lowest BCUT2D eigenvalue weighted by Crippen LogP contribution is -2.46. The molecule has 0 saturated carbocycles. The molecule has 4 aromatic rings. The van der Waals surface area contributed by atoms with Crippen molar-refractivity contribution >= 4 is 23.2 Å². The first-order valence-corrected chi connectivity index (χ1v) is 11.8. The minimum atomic E-state index is -1.31. The van der Waals surface area contributed by atoms with E-state index >= 15 is 0 Å². The van der Waals surface area contributed by atoms with Crippen molar-refractivity contribution in [3.8, 4) is 5.75 Å². The highest BCUT2D eigenvalue weighted by molar-refractivity contribution is 6.28. The fourth-order valence-electron chi connectivity index (χ4n) is 5.42. The summed E-state index contributed by atoms with van der Waals surface area (Å²) in [5, 5.41) is 1.73. The number of hydroxylamine groups is 1. The van der Waals surface area contributed by atoms with Crippen LogP contribution in [0.2, 0.25) is 0 Å². The van der Waals surface area contributed by atoms with Gasteiger partial charge >= 0.3 is 0 Å². The lowest BCUT2D eigenvalue weighted by atomic mass is 9.69. The first-order valence-electron chi connectivity index (χ1n) is 11.8. The number of ether oxygens (including phenoxy) is 1. The summed E-state index contributed by atoms with van der Waals surface area (Å²) in [7, 11) is 1.55. The Hall–Kier alpha value is -4.42. The van der Waals surface area contributed by atoms with Crippen molar-refractivity contribution in [1.29, 1.82) is 0 Å². The van der Waals surface area contributed by atoms with Crippen LogP contribution in [0.25, 0.3) is 0 Å². The molecule has 2 aliphatic rings. The molecule has 4 aromatic carbocycles. The van der Waals surface area contributed by atoms with Crippen LogP contribution in [0.5, 0.6) is 5.75 Å². The van der Waals surface area contributed by atoms with Crippen LogP contribution in [0.4, 0.5) is 11.4 Å². The number of benzene rings is 4. The predicted molar refractivity (Wildman–Crippen MR) is 137 cm³/mol. The van der Waals surface area contributed by atoms with E-state index in [1.807, 2.05) is 91.0 Å². The van der Waals surface area contributed by atoms with Crippen molar-refractivity contribution in [3.05, 3.63) is 126 Å². The molecule has 0 radical (unpaired) electrons. The van der Waals surface area contributed by atoms with E-state index < -0.39 is 23.5 Å². The minimum Gasteiger partial charge on any atom is -0.497 e. The van der Waals surface area contributed by atoms with Crippen LogP contribution >= 0.6 is 0 Å². The van der Waals surface area contributed by atoms with Crippen molar-refractivity contribution in [3.63, 3.8) is 0 Å². The monoisotopic (exact) mass is 476 g/mol. The van der Waals surface area contributed by atoms with Crippen LogP contribution in [0.1, 0.15) is 17.2 Å². The maximum atomic E-state index is 14.6. The highest BCUT2D eigenvalue weighted by Crippen LogP contribution is 2.57. The summed E-state index contributed by atoms with van der Waals surface area (Å²) >= 11 is 0. The molecule has 36 heavy (non-hydrogen) atoms. The Bertz CT molecular complexity index is 1410. The van der Waals surface area contributed by atoms with Crippen LogP contribution in [-0.4, -0.2) is 25.0 Å². The SMILES string of the molecule is COc1cccc(N2C(=O)[C@@H]3ON(c4ccccc4)[C@@H](c4ccccc4)[C@@]3(c3ccccc3)C2=O)c1. The number of amides is 2. The van der Waals surface area contributed by atoms with Gasteiger partial charge in [-0.05, 0) is 35.4 Å². The van der Waals surface area contributed by atoms with E-state index in [9.17, 15) is 9.59 Å². The van der Waals surface area contributed by atoms with Crippen LogP contribution in [0.3, 0.4) is 0 Å². The molecule has 2 amide bonds. The number of rotatable bonds is 5. The second kappa shape index (κ2) is 8.66. The number of imide groups is 1. The summed E-state index contributed by atoms with van der Waals surface area (Å²) in [6.45, 7) is 0. The smallest absolute Gasteiger partial charge is 0.267 e. The molecule has 178 valence electrons. The van der Waals surface area contributed by atoms with Crippen LogP contribution in [-0.2, 0) is 19.8 Å². The molecule has 0 N–H and O–H groups in total. The third-order valence-corrected chi connectivity index (χ3v) is 6.99. The van der Waals surface area contributed by atoms with E-state index in [-0.39, 0.29) is 5.91 Å². The van der Waals surface area contributed by atoms with Gasteiger partial charge in [0.1, 0.15) is 17.2 Å². The first kappa shape index (κ1) is 22.1. The second-order valence-electron chi connectivity index (χ2n) is 8.88. The molecule has 0 bridgehead atoms. The standard InChI is InChI=1S/C30H24N2O4/c1-35-25-19-11-18-24(20-25)31-28(33)27-30(29(31)34,22-14-7-3-8-15-22)26(21-12-5-2-6-13-21)32(36-27)23-16-9-4-10-17-23/h2-20,26-27H,1H3/t26-,27-,30+/m0/s1. The molecule has 0 aromatic heterocycles. The van der Waals surface area contributed by atoms with Crippen molar-refractivity contribution in [2.24, 2.45) is 0 Å². The lowest BCUT2D eigenvalue weighted by Gasteiger charge is -2.35. The van der Waals surface area contributed by atoms with E-state index in [0.29, 0.717) is 11.4 Å². The van der Waals surface area contributed by atoms with Gasteiger partial charge in [0.2, 0.25) is 5.91 Å². The maximum Gasteiger partial charge on any atom is 0.267 e. The highest BCUT2D eigenvalue weighted by Gasteiger charge is 2.72. The van der Waals surface area contributed by atoms with Gasteiger partial charge in [-0.2, -0.15) is 0 Å². The van der Waals surface area contributed by atoms with Crippen LogP contribution in [0, 0.1) is 0 Å². The fraction of sp³-hybridized carbons (Fsp3) is 0.133. The molecule has 0 aliphatic carbocycles. The average molecular weight is 477 g/mol. The van der Waals surface area contributed by atoms with E-state index in [1.54, 1.807) is 36.4 Å². The number of carbonyl (C=O) groups is 2. The summed E-state index contributed by atoms with van der Waals surface area (Å²) in [5.41, 5.74) is 1.52. The molecule has 6 nitrogen and oxygen atoms in total. The van der Waals surface area contributed by atoms with Crippen molar-refractivity contribution in [1.82, 2.24) is 0 Å². The molecular formula is C30H24N2O4. The molecule has 6 heteroatoms. The van der Waals surface area contributed by atoms with E-state index in [2.05, 4.69) is 0 Å². The van der Waals surface area contributed by atoms with Gasteiger partial charge in [0.25, 0.3) is 5.91 Å². The average Bonchev–Trinajstić information content (AvgIpc) is 3.41. The maximum absolute atomic E-state index is 14.6. The number of hydrogen-bond acceptors (Lipinski definition) is 5. The third kappa shape index (κ3) is 3.15. The van der Waals surface area contributed by atoms with Crippen LogP contribution < -0.4 is 14.7 Å². The summed E-state index contributed by atoms with van der Waals surface area (Å²) in [4.78, 5) is 36.4. The molecule has 0 unspecified atom stereocenters. The zero-order valence-electron chi connectivity index (χ0n) is 19.7. The van der Waals surface area contributed by atoms with E-state index in [1.165, 1.54) is 4.90 Å². The van der Waals surface area contributed by atoms with E-state index in [4.69, 9.17) is 9.57 Å². The van der Waals surface area contributed by atoms with Gasteiger partial charge in [0.15, 0.2) is 6.10 Å². The van der Waals surface area contributed by atoms with Crippen LogP contribution in [0.15, 0.2) is 115 Å². The Labute approximate surface area is 209 Å². The topological polar surface area (TPSA) is 59.1 Å². The van der Waals surface area contributed by atoms with Gasteiger partial charge in [-0.3, -0.25) is 14.4 Å². The Kier molecular flexibility index (Phi) is 5.31. The first-order chi connectivity index (χ1) is 17.7. The highest BCUT2D eigenvalue weighted by atomic mass is 16.7. The number of para-hydroxylation sites is 1. The third-order valence-electron chi connectivity index (χ3n) is 6.99. The number of hydrogen-bond donors (Lipinski definition) is 0. The fourth-order valence-corrected chi connectivity index (χ4v) is 5.42. The number of carbonyl (C=O) groups excluding carboxylic acids is 2. The molecule has 0 spiro atoms. The van der Waals surface area contributed by atoms with Gasteiger partial charge in [-0.1, -0.05) is 84.9 Å². The molecule has 2 heterocycles. The summed E-state index contributed by atoms with van der Waals surface area (Å²) in [6.07, 6.45) is -1.05. The van der Waals surface area contributed by atoms with Gasteiger partial charge in [0.05, 0.1) is 18.5 Å². The molecule has 2 aliphatic heterocycles. The Balaban J connectivity index is 1.60. The lowest BCUT2D eigenvalue weighted by molar-refractivity contribution is -0.126. The minimum absolute atomic E-state index is 0.329. The number of anilines is 2. The van der Waals surface area contributed by atoms with E-state index in [0.717, 1.165) is 16.8 Å². The molecule has 3 atom stereocenters. The number of nitrogens with zero attached hydrogens (tertiary/aromatic N) is 2. The van der Waals surface area contributed by atoms with Crippen molar-refractivity contribution in [2.45, 2.75) is 17.6 Å². The molecule has 2 saturated heterocycles. The van der Waals surface area contributed by atoms with Gasteiger partial charge in [-0.25, -0.2) is 9.96 Å². The molecule has 6 rings (SSSR count). The molecular weight excluding hydrogens is 452 g/mol. The largest absolute Gasteiger partial charge is 0.497 e. The zero-order chi connectivity index (χ0) is 24.7. The quantitative estimate of drug-likeness (QED) is 0.377. The van der Waals surface area contributed by atoms with Gasteiger partial charge in [0, 0.05) is 6.07 Å². The Morgan fingerprint density at radius 2 is 1.36 bits per heavy atom. The second-order valence-corrected chi connectivity index (χ2v) is 8.88. The van der Waals surface area contributed by atoms with Gasteiger partial charge in [-0.15, -0.1) is 0 Å². The summed E-state index contributed by atoms with van der Waals surface area (Å²) in [5.74, 6) is -0.175. The zero-order valence-corrected chi connectivity index (χ0v) is 19.7. The number of methoxy groups -OCH3 is 1. The van der Waals surface area contributed by atoms with Gasteiger partial charge < -0.3 is 4.74 Å². The summed E-state index contributed by atoms with van der Waals surface area (Å²) in [6, 6.07) is 35.2. The predicted octanol–water partition coefficient (Wildman–Crippen LogP) is 5.07. The Morgan fingerprint density at radius 1 is 0.750 bits per heavy atom. The summed E-state index contributed by atoms with van der Waals surface area (Å²) < 4.78 is 5.37.